The lowest BCUT2D eigenvalue weighted by molar-refractivity contribution is 0.561. The quantitative estimate of drug-likeness (QED) is 0.666. The van der Waals surface area contributed by atoms with Gasteiger partial charge in [-0.25, -0.2) is 4.98 Å². The van der Waals surface area contributed by atoms with Crippen LogP contribution in [0.3, 0.4) is 0 Å². The average Bonchev–Trinajstić information content (AvgIpc) is 2.68. The molecule has 80 valence electrons. The molecule has 0 saturated heterocycles. The molecule has 2 nitrogen and oxygen atoms in total. The maximum atomic E-state index is 4.53. The summed E-state index contributed by atoms with van der Waals surface area (Å²) >= 11 is 1.88. The first-order valence-corrected chi connectivity index (χ1v) is 6.37. The van der Waals surface area contributed by atoms with Crippen LogP contribution >= 0.6 is 11.3 Å². The van der Waals surface area contributed by atoms with Crippen molar-refractivity contribution in [3.05, 3.63) is 22.5 Å². The Morgan fingerprint density at radius 2 is 2.13 bits per heavy atom. The van der Waals surface area contributed by atoms with Crippen molar-refractivity contribution in [2.45, 2.75) is 45.4 Å². The number of hydrogen-bond donors (Lipinski definition) is 0. The summed E-state index contributed by atoms with van der Waals surface area (Å²) in [7, 11) is 0. The molecular formula is C12H16N2S. The molecule has 1 aliphatic rings. The third kappa shape index (κ3) is 1.26. The van der Waals surface area contributed by atoms with E-state index in [0.29, 0.717) is 0 Å². The fraction of sp³-hybridized carbons (Fsp3) is 0.583. The molecule has 1 aliphatic carbocycles. The number of rotatable bonds is 0. The molecule has 0 spiro atoms. The molecule has 0 atom stereocenters. The van der Waals surface area contributed by atoms with E-state index in [1.807, 2.05) is 17.5 Å². The van der Waals surface area contributed by atoms with Crippen molar-refractivity contribution in [2.24, 2.45) is 0 Å². The fourth-order valence-corrected chi connectivity index (χ4v) is 3.54. The lowest BCUT2D eigenvalue weighted by atomic mass is 9.93. The molecule has 3 rings (SSSR count). The molecule has 0 saturated carbocycles. The highest BCUT2D eigenvalue weighted by Crippen LogP contribution is 2.34. The van der Waals surface area contributed by atoms with E-state index >= 15 is 0 Å². The Labute approximate surface area is 94.0 Å². The first-order chi connectivity index (χ1) is 7.07. The minimum atomic E-state index is 0.191. The zero-order valence-corrected chi connectivity index (χ0v) is 10.3. The van der Waals surface area contributed by atoms with Crippen LogP contribution in [0.4, 0.5) is 0 Å². The minimum absolute atomic E-state index is 0.191. The first-order valence-electron chi connectivity index (χ1n) is 5.56. The summed E-state index contributed by atoms with van der Waals surface area (Å²) in [6, 6.07) is 0. The second kappa shape index (κ2) is 2.85. The van der Waals surface area contributed by atoms with E-state index in [1.165, 1.54) is 35.6 Å². The Bertz CT molecular complexity index is 513. The SMILES string of the molecule is CC(C)(C)c1cnc2sc3c(n12)CCC3. The number of nitrogens with zero attached hydrogens (tertiary/aromatic N) is 2. The van der Waals surface area contributed by atoms with Crippen LogP contribution in [0.5, 0.6) is 0 Å². The van der Waals surface area contributed by atoms with E-state index in [4.69, 9.17) is 0 Å². The van der Waals surface area contributed by atoms with Crippen LogP contribution in [0, 0.1) is 0 Å². The number of aryl methyl sites for hydroxylation is 2. The average molecular weight is 220 g/mol. The summed E-state index contributed by atoms with van der Waals surface area (Å²) in [6.07, 6.45) is 5.85. The number of hydrogen-bond acceptors (Lipinski definition) is 2. The maximum Gasteiger partial charge on any atom is 0.194 e. The molecule has 0 radical (unpaired) electrons. The molecule has 15 heavy (non-hydrogen) atoms. The molecular weight excluding hydrogens is 204 g/mol. The normalized spacial score (nSPS) is 16.2. The van der Waals surface area contributed by atoms with Crippen molar-refractivity contribution in [2.75, 3.05) is 0 Å². The summed E-state index contributed by atoms with van der Waals surface area (Å²) in [5.74, 6) is 0. The Kier molecular flexibility index (Phi) is 1.78. The Balaban J connectivity index is 2.32. The molecule has 2 aromatic heterocycles. The highest BCUT2D eigenvalue weighted by molar-refractivity contribution is 7.17. The Hall–Kier alpha value is -0.830. The van der Waals surface area contributed by atoms with Gasteiger partial charge in [0.2, 0.25) is 0 Å². The Morgan fingerprint density at radius 1 is 1.33 bits per heavy atom. The summed E-state index contributed by atoms with van der Waals surface area (Å²) in [6.45, 7) is 6.78. The summed E-state index contributed by atoms with van der Waals surface area (Å²) in [5.41, 5.74) is 3.07. The molecule has 0 N–H and O–H groups in total. The van der Waals surface area contributed by atoms with Gasteiger partial charge in [-0.15, -0.1) is 11.3 Å². The predicted octanol–water partition coefficient (Wildman–Crippen LogP) is 3.18. The molecule has 0 unspecified atom stereocenters. The van der Waals surface area contributed by atoms with E-state index < -0.39 is 0 Å². The number of imidazole rings is 1. The number of fused-ring (bicyclic) bond motifs is 3. The molecule has 0 bridgehead atoms. The summed E-state index contributed by atoms with van der Waals surface area (Å²) < 4.78 is 2.40. The third-order valence-corrected chi connectivity index (χ3v) is 4.28. The van der Waals surface area contributed by atoms with Crippen LogP contribution in [-0.2, 0) is 18.3 Å². The second-order valence-corrected chi connectivity index (χ2v) is 6.40. The first kappa shape index (κ1) is 9.40. The topological polar surface area (TPSA) is 17.3 Å². The van der Waals surface area contributed by atoms with Crippen molar-refractivity contribution in [1.29, 1.82) is 0 Å². The summed E-state index contributed by atoms with van der Waals surface area (Å²) in [4.78, 5) is 7.27. The zero-order valence-electron chi connectivity index (χ0n) is 9.50. The van der Waals surface area contributed by atoms with E-state index in [2.05, 4.69) is 30.2 Å². The van der Waals surface area contributed by atoms with Gasteiger partial charge in [0.15, 0.2) is 4.96 Å². The van der Waals surface area contributed by atoms with Gasteiger partial charge < -0.3 is 0 Å². The monoisotopic (exact) mass is 220 g/mol. The highest BCUT2D eigenvalue weighted by Gasteiger charge is 2.25. The van der Waals surface area contributed by atoms with Gasteiger partial charge in [0, 0.05) is 21.7 Å². The molecule has 0 aromatic carbocycles. The lowest BCUT2D eigenvalue weighted by Gasteiger charge is -2.17. The second-order valence-electron chi connectivity index (χ2n) is 5.34. The van der Waals surface area contributed by atoms with Crippen molar-refractivity contribution in [3.63, 3.8) is 0 Å². The van der Waals surface area contributed by atoms with Crippen molar-refractivity contribution >= 4 is 16.3 Å². The largest absolute Gasteiger partial charge is 0.291 e. The van der Waals surface area contributed by atoms with Gasteiger partial charge in [0.1, 0.15) is 0 Å². The molecule has 0 fully saturated rings. The smallest absolute Gasteiger partial charge is 0.194 e. The molecule has 2 heterocycles. The zero-order chi connectivity index (χ0) is 10.6. The fourth-order valence-electron chi connectivity index (χ4n) is 2.35. The van der Waals surface area contributed by atoms with Gasteiger partial charge in [-0.05, 0) is 19.3 Å². The van der Waals surface area contributed by atoms with Crippen molar-refractivity contribution < 1.29 is 0 Å². The predicted molar refractivity (Wildman–Crippen MR) is 63.8 cm³/mol. The third-order valence-electron chi connectivity index (χ3n) is 3.12. The van der Waals surface area contributed by atoms with E-state index in [1.54, 1.807) is 4.88 Å². The number of aromatic nitrogens is 2. The van der Waals surface area contributed by atoms with Crippen LogP contribution in [0.25, 0.3) is 4.96 Å². The van der Waals surface area contributed by atoms with Crippen molar-refractivity contribution in [1.82, 2.24) is 9.38 Å². The van der Waals surface area contributed by atoms with E-state index in [0.717, 1.165) is 0 Å². The van der Waals surface area contributed by atoms with Gasteiger partial charge in [-0.2, -0.15) is 0 Å². The number of thiazole rings is 1. The van der Waals surface area contributed by atoms with Crippen LogP contribution in [0.2, 0.25) is 0 Å². The van der Waals surface area contributed by atoms with Crippen LogP contribution in [-0.4, -0.2) is 9.38 Å². The van der Waals surface area contributed by atoms with Gasteiger partial charge in [-0.3, -0.25) is 4.40 Å². The van der Waals surface area contributed by atoms with Gasteiger partial charge >= 0.3 is 0 Å². The van der Waals surface area contributed by atoms with Crippen LogP contribution in [0.15, 0.2) is 6.20 Å². The molecule has 0 aliphatic heterocycles. The molecule has 2 aromatic rings. The lowest BCUT2D eigenvalue weighted by Crippen LogP contribution is -2.14. The van der Waals surface area contributed by atoms with Crippen LogP contribution in [0.1, 0.15) is 43.5 Å². The van der Waals surface area contributed by atoms with E-state index in [-0.39, 0.29) is 5.41 Å². The van der Waals surface area contributed by atoms with Gasteiger partial charge in [0.05, 0.1) is 6.20 Å². The van der Waals surface area contributed by atoms with E-state index in [9.17, 15) is 0 Å². The summed E-state index contributed by atoms with van der Waals surface area (Å²) in [5, 5.41) is 0. The molecule has 0 amide bonds. The van der Waals surface area contributed by atoms with Crippen molar-refractivity contribution in [3.8, 4) is 0 Å². The van der Waals surface area contributed by atoms with Gasteiger partial charge in [-0.1, -0.05) is 20.8 Å². The Morgan fingerprint density at radius 3 is 2.87 bits per heavy atom. The molecule has 3 heteroatoms. The maximum absolute atomic E-state index is 4.53. The van der Waals surface area contributed by atoms with Crippen LogP contribution < -0.4 is 0 Å². The van der Waals surface area contributed by atoms with Gasteiger partial charge in [0.25, 0.3) is 0 Å². The minimum Gasteiger partial charge on any atom is -0.291 e. The standard InChI is InChI=1S/C12H16N2S/c1-12(2,3)10-7-13-11-14(10)8-5-4-6-9(8)15-11/h7H,4-6H2,1-3H3. The highest BCUT2D eigenvalue weighted by atomic mass is 32.1.